The number of nitrogens with one attached hydrogen (secondary N) is 1. The van der Waals surface area contributed by atoms with E-state index < -0.39 is 19.7 Å². The molecule has 0 unspecified atom stereocenters. The highest BCUT2D eigenvalue weighted by molar-refractivity contribution is 7.91. The number of aromatic amines is 1. The lowest BCUT2D eigenvalue weighted by Crippen LogP contribution is -2.04. The fourth-order valence-corrected chi connectivity index (χ4v) is 4.85. The summed E-state index contributed by atoms with van der Waals surface area (Å²) < 4.78 is 48.9. The Morgan fingerprint density at radius 2 is 1.55 bits per heavy atom. The molecule has 10 heteroatoms. The Hall–Kier alpha value is -3.11. The van der Waals surface area contributed by atoms with Crippen LogP contribution in [-0.4, -0.2) is 43.0 Å². The molecular formula is C19H16N4O4S2. The summed E-state index contributed by atoms with van der Waals surface area (Å²) in [6.07, 6.45) is 7.36. The molecule has 1 aromatic carbocycles. The van der Waals surface area contributed by atoms with Gasteiger partial charge in [-0.15, -0.1) is 0 Å². The summed E-state index contributed by atoms with van der Waals surface area (Å²) in [5.41, 5.74) is 1.89. The smallest absolute Gasteiger partial charge is 0.246 e. The van der Waals surface area contributed by atoms with Crippen LogP contribution in [0, 0.1) is 0 Å². The molecule has 0 aliphatic carbocycles. The number of fused-ring (bicyclic) bond motifs is 1. The zero-order valence-electron chi connectivity index (χ0n) is 15.3. The minimum absolute atomic E-state index is 0.150. The van der Waals surface area contributed by atoms with Crippen LogP contribution < -0.4 is 0 Å². The van der Waals surface area contributed by atoms with Crippen LogP contribution in [0.3, 0.4) is 0 Å². The Morgan fingerprint density at radius 1 is 0.897 bits per heavy atom. The second-order valence-corrected chi connectivity index (χ2v) is 10.4. The average molecular weight is 428 g/mol. The van der Waals surface area contributed by atoms with Crippen molar-refractivity contribution in [2.24, 2.45) is 0 Å². The topological polar surface area (TPSA) is 123 Å². The maximum absolute atomic E-state index is 13.0. The summed E-state index contributed by atoms with van der Waals surface area (Å²) in [5.74, 6) is 0. The number of nitrogens with zero attached hydrogens (tertiary/aromatic N) is 3. The summed E-state index contributed by atoms with van der Waals surface area (Å²) in [7, 11) is -7.16. The standard InChI is InChI=1S/C19H16N4O4S2/c1-28(24,25)19-22-10-14(11-23-19)7-13-8-16-17(12-21-18(16)20-9-13)29(26,27)15-5-3-2-4-6-15/h2-6,8-12H,7H2,1H3,(H,20,21). The van der Waals surface area contributed by atoms with Crippen molar-refractivity contribution in [2.45, 2.75) is 21.4 Å². The first-order chi connectivity index (χ1) is 13.7. The third-order valence-corrected chi connectivity index (χ3v) is 7.00. The molecule has 0 fully saturated rings. The maximum Gasteiger partial charge on any atom is 0.246 e. The number of aromatic nitrogens is 4. The van der Waals surface area contributed by atoms with Gasteiger partial charge < -0.3 is 4.98 Å². The lowest BCUT2D eigenvalue weighted by molar-refractivity contribution is 0.592. The predicted octanol–water partition coefficient (Wildman–Crippen LogP) is 2.18. The molecule has 148 valence electrons. The van der Waals surface area contributed by atoms with E-state index in [1.165, 1.54) is 18.6 Å². The molecule has 1 N–H and O–H groups in total. The van der Waals surface area contributed by atoms with Gasteiger partial charge in [-0.1, -0.05) is 18.2 Å². The number of hydrogen-bond donors (Lipinski definition) is 1. The zero-order chi connectivity index (χ0) is 20.6. The highest BCUT2D eigenvalue weighted by atomic mass is 32.2. The van der Waals surface area contributed by atoms with Crippen molar-refractivity contribution in [3.05, 3.63) is 72.3 Å². The number of benzene rings is 1. The number of pyridine rings is 1. The third-order valence-electron chi connectivity index (χ3n) is 4.31. The maximum atomic E-state index is 13.0. The number of sulfone groups is 2. The van der Waals surface area contributed by atoms with Gasteiger partial charge in [0, 0.05) is 42.9 Å². The lowest BCUT2D eigenvalue weighted by Gasteiger charge is -2.05. The predicted molar refractivity (Wildman–Crippen MR) is 106 cm³/mol. The number of H-pyrrole nitrogens is 1. The van der Waals surface area contributed by atoms with Crippen LogP contribution in [-0.2, 0) is 26.1 Å². The molecule has 0 bridgehead atoms. The van der Waals surface area contributed by atoms with Crippen molar-refractivity contribution in [2.75, 3.05) is 6.26 Å². The summed E-state index contributed by atoms with van der Waals surface area (Å²) in [6, 6.07) is 9.94. The SMILES string of the molecule is CS(=O)(=O)c1ncc(Cc2cnc3[nH]cc(S(=O)(=O)c4ccccc4)c3c2)cn1. The van der Waals surface area contributed by atoms with Crippen LogP contribution in [0.5, 0.6) is 0 Å². The van der Waals surface area contributed by atoms with Gasteiger partial charge in [-0.3, -0.25) is 0 Å². The molecule has 0 amide bonds. The number of hydrogen-bond acceptors (Lipinski definition) is 7. The molecule has 0 aliphatic rings. The van der Waals surface area contributed by atoms with Crippen LogP contribution in [0.2, 0.25) is 0 Å². The fourth-order valence-electron chi connectivity index (χ4n) is 2.93. The first-order valence-corrected chi connectivity index (χ1v) is 11.9. The van der Waals surface area contributed by atoms with E-state index in [0.29, 0.717) is 23.0 Å². The second-order valence-electron chi connectivity index (χ2n) is 6.53. The van der Waals surface area contributed by atoms with Crippen molar-refractivity contribution in [3.63, 3.8) is 0 Å². The molecule has 8 nitrogen and oxygen atoms in total. The lowest BCUT2D eigenvalue weighted by atomic mass is 10.1. The average Bonchev–Trinajstić information content (AvgIpc) is 3.12. The van der Waals surface area contributed by atoms with Gasteiger partial charge >= 0.3 is 0 Å². The van der Waals surface area contributed by atoms with Gasteiger partial charge in [0.2, 0.25) is 24.8 Å². The van der Waals surface area contributed by atoms with Crippen LogP contribution in [0.25, 0.3) is 11.0 Å². The van der Waals surface area contributed by atoms with E-state index in [0.717, 1.165) is 11.8 Å². The quantitative estimate of drug-likeness (QED) is 0.483. The van der Waals surface area contributed by atoms with Crippen LogP contribution in [0.4, 0.5) is 0 Å². The molecule has 4 rings (SSSR count). The van der Waals surface area contributed by atoms with E-state index in [4.69, 9.17) is 0 Å². The largest absolute Gasteiger partial charge is 0.345 e. The van der Waals surface area contributed by atoms with Gasteiger partial charge in [-0.25, -0.2) is 31.8 Å². The first-order valence-electron chi connectivity index (χ1n) is 8.52. The molecule has 0 spiro atoms. The van der Waals surface area contributed by atoms with Crippen molar-refractivity contribution in [3.8, 4) is 0 Å². The van der Waals surface area contributed by atoms with Gasteiger partial charge in [0.05, 0.1) is 9.79 Å². The van der Waals surface area contributed by atoms with Gasteiger partial charge in [0.25, 0.3) is 0 Å². The monoisotopic (exact) mass is 428 g/mol. The first kappa shape index (κ1) is 19.2. The molecule has 29 heavy (non-hydrogen) atoms. The Morgan fingerprint density at radius 3 is 2.21 bits per heavy atom. The van der Waals surface area contributed by atoms with E-state index in [9.17, 15) is 16.8 Å². The molecule has 3 heterocycles. The zero-order valence-corrected chi connectivity index (χ0v) is 16.9. The van der Waals surface area contributed by atoms with Crippen molar-refractivity contribution >= 4 is 30.7 Å². The minimum atomic E-state index is -3.70. The summed E-state index contributed by atoms with van der Waals surface area (Å²) in [4.78, 5) is 15.3. The van der Waals surface area contributed by atoms with Gasteiger partial charge in [-0.2, -0.15) is 0 Å². The van der Waals surface area contributed by atoms with E-state index in [1.54, 1.807) is 42.6 Å². The van der Waals surface area contributed by atoms with Crippen LogP contribution >= 0.6 is 0 Å². The number of rotatable bonds is 5. The second kappa shape index (κ2) is 7.05. The summed E-state index contributed by atoms with van der Waals surface area (Å²) >= 11 is 0. The molecule has 3 aromatic heterocycles. The van der Waals surface area contributed by atoms with Crippen LogP contribution in [0.1, 0.15) is 11.1 Å². The van der Waals surface area contributed by atoms with Gasteiger partial charge in [0.15, 0.2) is 0 Å². The summed E-state index contributed by atoms with van der Waals surface area (Å²) in [6.45, 7) is 0. The van der Waals surface area contributed by atoms with Crippen molar-refractivity contribution < 1.29 is 16.8 Å². The Kier molecular flexibility index (Phi) is 4.67. The Bertz CT molecular complexity index is 1400. The van der Waals surface area contributed by atoms with E-state index in [2.05, 4.69) is 19.9 Å². The van der Waals surface area contributed by atoms with Gasteiger partial charge in [0.1, 0.15) is 5.65 Å². The third kappa shape index (κ3) is 3.76. The van der Waals surface area contributed by atoms with Crippen LogP contribution in [0.15, 0.2) is 76.1 Å². The van der Waals surface area contributed by atoms with E-state index >= 15 is 0 Å². The Labute approximate surface area is 167 Å². The molecule has 0 atom stereocenters. The molecule has 0 radical (unpaired) electrons. The van der Waals surface area contributed by atoms with Gasteiger partial charge in [-0.05, 0) is 29.3 Å². The van der Waals surface area contributed by atoms with Crippen molar-refractivity contribution in [1.29, 1.82) is 0 Å². The van der Waals surface area contributed by atoms with E-state index in [1.807, 2.05) is 0 Å². The highest BCUT2D eigenvalue weighted by Crippen LogP contribution is 2.28. The Balaban J connectivity index is 1.71. The van der Waals surface area contributed by atoms with E-state index in [-0.39, 0.29) is 14.9 Å². The normalized spacial score (nSPS) is 12.3. The summed E-state index contributed by atoms with van der Waals surface area (Å²) in [5, 5.41) is 0.247. The molecule has 0 saturated heterocycles. The minimum Gasteiger partial charge on any atom is -0.345 e. The fraction of sp³-hybridized carbons (Fsp3) is 0.105. The molecule has 0 aliphatic heterocycles. The molecule has 0 saturated carbocycles. The highest BCUT2D eigenvalue weighted by Gasteiger charge is 2.22. The molecule has 4 aromatic rings. The molecular weight excluding hydrogens is 412 g/mol. The van der Waals surface area contributed by atoms with Crippen molar-refractivity contribution in [1.82, 2.24) is 19.9 Å².